The second-order valence-corrected chi connectivity index (χ2v) is 6.67. The molecule has 0 bridgehead atoms. The van der Waals surface area contributed by atoms with Gasteiger partial charge in [-0.1, -0.05) is 6.07 Å². The van der Waals surface area contributed by atoms with Crippen LogP contribution in [0.15, 0.2) is 18.2 Å². The summed E-state index contributed by atoms with van der Waals surface area (Å²) in [6.07, 6.45) is 0.711. The van der Waals surface area contributed by atoms with E-state index < -0.39 is 5.51 Å². The van der Waals surface area contributed by atoms with E-state index in [0.29, 0.717) is 17.9 Å². The van der Waals surface area contributed by atoms with Crippen molar-refractivity contribution in [2.24, 2.45) is 5.73 Å². The number of alkyl halides is 3. The summed E-state index contributed by atoms with van der Waals surface area (Å²) in [4.78, 5) is 0. The first-order chi connectivity index (χ1) is 9.66. The molecule has 1 aromatic carbocycles. The van der Waals surface area contributed by atoms with Crippen LogP contribution in [0.1, 0.15) is 31.9 Å². The Labute approximate surface area is 126 Å². The van der Waals surface area contributed by atoms with Crippen LogP contribution in [0.2, 0.25) is 0 Å². The van der Waals surface area contributed by atoms with Gasteiger partial charge in [-0.15, -0.1) is 0 Å². The molecule has 21 heavy (non-hydrogen) atoms. The predicted octanol–water partition coefficient (Wildman–Crippen LogP) is 3.88. The van der Waals surface area contributed by atoms with Crippen LogP contribution in [-0.4, -0.2) is 23.5 Å². The molecule has 0 saturated carbocycles. The van der Waals surface area contributed by atoms with Crippen LogP contribution in [0.5, 0.6) is 11.5 Å². The number of halogens is 3. The minimum Gasteiger partial charge on any atom is -0.493 e. The van der Waals surface area contributed by atoms with Crippen molar-refractivity contribution in [2.75, 3.05) is 12.4 Å². The average Bonchev–Trinajstić information content (AvgIpc) is 2.31. The molecule has 1 heterocycles. The molecule has 1 aliphatic heterocycles. The quantitative estimate of drug-likeness (QED) is 0.855. The Morgan fingerprint density at radius 3 is 2.81 bits per heavy atom. The van der Waals surface area contributed by atoms with E-state index >= 15 is 0 Å². The smallest absolute Gasteiger partial charge is 0.441 e. The van der Waals surface area contributed by atoms with Crippen LogP contribution in [0.4, 0.5) is 13.2 Å². The average molecular weight is 321 g/mol. The highest BCUT2D eigenvalue weighted by atomic mass is 32.2. The van der Waals surface area contributed by atoms with Gasteiger partial charge in [0.25, 0.3) is 0 Å². The van der Waals surface area contributed by atoms with Crippen molar-refractivity contribution in [3.05, 3.63) is 23.8 Å². The summed E-state index contributed by atoms with van der Waals surface area (Å²) >= 11 is -0.0945. The molecule has 0 radical (unpaired) electrons. The highest BCUT2D eigenvalue weighted by Gasteiger charge is 2.32. The first-order valence-corrected chi connectivity index (χ1v) is 7.57. The van der Waals surface area contributed by atoms with Gasteiger partial charge in [-0.05, 0) is 31.7 Å². The van der Waals surface area contributed by atoms with Gasteiger partial charge in [0, 0.05) is 29.8 Å². The summed E-state index contributed by atoms with van der Waals surface area (Å²) in [5.74, 6) is 0.980. The third-order valence-corrected chi connectivity index (χ3v) is 3.80. The number of rotatable bonds is 4. The monoisotopic (exact) mass is 321 g/mol. The molecule has 1 aliphatic rings. The highest BCUT2D eigenvalue weighted by molar-refractivity contribution is 8.00. The fourth-order valence-electron chi connectivity index (χ4n) is 2.29. The molecule has 1 unspecified atom stereocenters. The lowest BCUT2D eigenvalue weighted by Gasteiger charge is -2.36. The molecule has 7 heteroatoms. The van der Waals surface area contributed by atoms with E-state index in [0.717, 1.165) is 5.56 Å². The lowest BCUT2D eigenvalue weighted by atomic mass is 9.90. The molecule has 118 valence electrons. The first kappa shape index (κ1) is 16.3. The van der Waals surface area contributed by atoms with Crippen LogP contribution >= 0.6 is 11.8 Å². The molecule has 0 amide bonds. The molecule has 2 N–H and O–H groups in total. The van der Waals surface area contributed by atoms with Crippen molar-refractivity contribution in [2.45, 2.75) is 37.4 Å². The molecular formula is C14H18F3NO2S. The van der Waals surface area contributed by atoms with Gasteiger partial charge in [0.2, 0.25) is 0 Å². The van der Waals surface area contributed by atoms with Crippen LogP contribution in [0, 0.1) is 0 Å². The zero-order valence-corrected chi connectivity index (χ0v) is 12.7. The SMILES string of the molecule is CC1(C)CC(N)c2ccc(OCCSC(F)(F)F)cc2O1. The summed E-state index contributed by atoms with van der Waals surface area (Å²) < 4.78 is 47.2. The Kier molecular flexibility index (Phi) is 4.63. The summed E-state index contributed by atoms with van der Waals surface area (Å²) in [6, 6.07) is 5.09. The van der Waals surface area contributed by atoms with Gasteiger partial charge in [0.05, 0.1) is 6.61 Å². The van der Waals surface area contributed by atoms with E-state index in [4.69, 9.17) is 15.2 Å². The van der Waals surface area contributed by atoms with E-state index in [1.54, 1.807) is 12.1 Å². The Hall–Kier alpha value is -1.08. The number of thioether (sulfide) groups is 1. The van der Waals surface area contributed by atoms with Crippen molar-refractivity contribution in [1.82, 2.24) is 0 Å². The molecule has 0 fully saturated rings. The first-order valence-electron chi connectivity index (χ1n) is 6.58. The van der Waals surface area contributed by atoms with Gasteiger partial charge < -0.3 is 15.2 Å². The van der Waals surface area contributed by atoms with Crippen molar-refractivity contribution < 1.29 is 22.6 Å². The van der Waals surface area contributed by atoms with E-state index in [2.05, 4.69) is 0 Å². The second kappa shape index (κ2) is 5.96. The van der Waals surface area contributed by atoms with Gasteiger partial charge in [-0.2, -0.15) is 13.2 Å². The van der Waals surface area contributed by atoms with E-state index in [1.807, 2.05) is 19.9 Å². The summed E-state index contributed by atoms with van der Waals surface area (Å²) in [6.45, 7) is 3.88. The number of hydrogen-bond donors (Lipinski definition) is 1. The molecule has 2 rings (SSSR count). The molecule has 0 aliphatic carbocycles. The minimum absolute atomic E-state index is 0.0155. The zero-order chi connectivity index (χ0) is 15.7. The lowest BCUT2D eigenvalue weighted by Crippen LogP contribution is -2.37. The zero-order valence-electron chi connectivity index (χ0n) is 11.9. The molecule has 0 saturated heterocycles. The third-order valence-electron chi connectivity index (χ3n) is 3.10. The maximum absolute atomic E-state index is 12.0. The number of nitrogens with two attached hydrogens (primary N) is 1. The van der Waals surface area contributed by atoms with Gasteiger partial charge in [-0.3, -0.25) is 0 Å². The third kappa shape index (κ3) is 4.71. The maximum atomic E-state index is 12.0. The van der Waals surface area contributed by atoms with E-state index in [1.165, 1.54) is 0 Å². The highest BCUT2D eigenvalue weighted by Crippen LogP contribution is 2.40. The number of fused-ring (bicyclic) bond motifs is 1. The van der Waals surface area contributed by atoms with E-state index in [9.17, 15) is 13.2 Å². The Balaban J connectivity index is 1.98. The van der Waals surface area contributed by atoms with Gasteiger partial charge >= 0.3 is 5.51 Å². The van der Waals surface area contributed by atoms with Crippen LogP contribution < -0.4 is 15.2 Å². The maximum Gasteiger partial charge on any atom is 0.441 e. The largest absolute Gasteiger partial charge is 0.493 e. The molecular weight excluding hydrogens is 303 g/mol. The fraction of sp³-hybridized carbons (Fsp3) is 0.571. The van der Waals surface area contributed by atoms with Crippen molar-refractivity contribution in [1.29, 1.82) is 0 Å². The van der Waals surface area contributed by atoms with Crippen molar-refractivity contribution in [3.8, 4) is 11.5 Å². The van der Waals surface area contributed by atoms with Crippen molar-refractivity contribution >= 4 is 11.8 Å². The fourth-order valence-corrected chi connectivity index (χ4v) is 2.69. The number of hydrogen-bond acceptors (Lipinski definition) is 4. The number of benzene rings is 1. The molecule has 1 atom stereocenters. The predicted molar refractivity (Wildman–Crippen MR) is 76.7 cm³/mol. The van der Waals surface area contributed by atoms with Crippen LogP contribution in [-0.2, 0) is 0 Å². The molecule has 0 spiro atoms. The van der Waals surface area contributed by atoms with Crippen LogP contribution in [0.3, 0.4) is 0 Å². The molecule has 0 aromatic heterocycles. The normalized spacial score (nSPS) is 20.6. The van der Waals surface area contributed by atoms with Gasteiger partial charge in [0.1, 0.15) is 17.1 Å². The topological polar surface area (TPSA) is 44.5 Å². The summed E-state index contributed by atoms with van der Waals surface area (Å²) in [5, 5.41) is 0. The molecule has 1 aromatic rings. The van der Waals surface area contributed by atoms with Gasteiger partial charge in [-0.25, -0.2) is 0 Å². The Bertz CT molecular complexity index is 505. The Morgan fingerprint density at radius 1 is 1.43 bits per heavy atom. The summed E-state index contributed by atoms with van der Waals surface area (Å²) in [5.41, 5.74) is 2.40. The number of ether oxygens (including phenoxy) is 2. The van der Waals surface area contributed by atoms with E-state index in [-0.39, 0.29) is 35.8 Å². The van der Waals surface area contributed by atoms with Crippen molar-refractivity contribution in [3.63, 3.8) is 0 Å². The second-order valence-electron chi connectivity index (χ2n) is 5.51. The molecule has 3 nitrogen and oxygen atoms in total. The lowest BCUT2D eigenvalue weighted by molar-refractivity contribution is -0.0329. The minimum atomic E-state index is -4.22. The van der Waals surface area contributed by atoms with Gasteiger partial charge in [0.15, 0.2) is 0 Å². The Morgan fingerprint density at radius 2 is 2.14 bits per heavy atom. The standard InChI is InChI=1S/C14H18F3NO2S/c1-13(2)8-11(18)10-4-3-9(7-12(10)20-13)19-5-6-21-14(15,16)17/h3-4,7,11H,5-6,8,18H2,1-2H3. The summed E-state index contributed by atoms with van der Waals surface area (Å²) in [7, 11) is 0. The van der Waals surface area contributed by atoms with Crippen LogP contribution in [0.25, 0.3) is 0 Å².